The van der Waals surface area contributed by atoms with Crippen LogP contribution < -0.4 is 5.32 Å². The summed E-state index contributed by atoms with van der Waals surface area (Å²) in [5.41, 5.74) is 0.639. The van der Waals surface area contributed by atoms with Crippen molar-refractivity contribution in [2.75, 3.05) is 0 Å². The molecule has 0 fully saturated rings. The SMILES string of the molecule is O=C(O)c1occc1CNCc1ccc(Cl)s1. The zero-order valence-electron chi connectivity index (χ0n) is 8.77. The van der Waals surface area contributed by atoms with Gasteiger partial charge < -0.3 is 14.8 Å². The summed E-state index contributed by atoms with van der Waals surface area (Å²) < 4.78 is 5.62. The molecule has 6 heteroatoms. The molecule has 17 heavy (non-hydrogen) atoms. The second kappa shape index (κ2) is 5.35. The molecule has 2 aromatic heterocycles. The molecule has 0 amide bonds. The highest BCUT2D eigenvalue weighted by Crippen LogP contribution is 2.21. The van der Waals surface area contributed by atoms with Crippen LogP contribution in [0.1, 0.15) is 21.0 Å². The predicted octanol–water partition coefficient (Wildman–Crippen LogP) is 2.98. The van der Waals surface area contributed by atoms with Crippen molar-refractivity contribution in [3.8, 4) is 0 Å². The van der Waals surface area contributed by atoms with Gasteiger partial charge in [-0.05, 0) is 18.2 Å². The number of carboxylic acids is 1. The molecule has 0 atom stereocenters. The first-order valence-corrected chi connectivity index (χ1v) is 6.11. The van der Waals surface area contributed by atoms with Crippen LogP contribution in [0.25, 0.3) is 0 Å². The van der Waals surface area contributed by atoms with Crippen molar-refractivity contribution in [1.82, 2.24) is 5.32 Å². The monoisotopic (exact) mass is 271 g/mol. The van der Waals surface area contributed by atoms with E-state index in [-0.39, 0.29) is 5.76 Å². The van der Waals surface area contributed by atoms with Crippen molar-refractivity contribution in [3.05, 3.63) is 45.0 Å². The van der Waals surface area contributed by atoms with Gasteiger partial charge in [0.25, 0.3) is 0 Å². The summed E-state index contributed by atoms with van der Waals surface area (Å²) in [7, 11) is 0. The van der Waals surface area contributed by atoms with E-state index in [1.54, 1.807) is 6.07 Å². The molecule has 2 heterocycles. The molecule has 90 valence electrons. The van der Waals surface area contributed by atoms with E-state index in [2.05, 4.69) is 5.32 Å². The van der Waals surface area contributed by atoms with Crippen LogP contribution in [0.3, 0.4) is 0 Å². The summed E-state index contributed by atoms with van der Waals surface area (Å²) in [5.74, 6) is -1.06. The van der Waals surface area contributed by atoms with Gasteiger partial charge in [0.15, 0.2) is 0 Å². The Hall–Kier alpha value is -1.30. The minimum Gasteiger partial charge on any atom is -0.475 e. The zero-order chi connectivity index (χ0) is 12.3. The van der Waals surface area contributed by atoms with E-state index in [9.17, 15) is 4.79 Å². The third kappa shape index (κ3) is 3.09. The van der Waals surface area contributed by atoms with E-state index in [1.165, 1.54) is 17.6 Å². The predicted molar refractivity (Wildman–Crippen MR) is 65.5 cm³/mol. The van der Waals surface area contributed by atoms with Gasteiger partial charge in [0.05, 0.1) is 10.6 Å². The number of furan rings is 1. The number of halogens is 1. The second-order valence-electron chi connectivity index (χ2n) is 3.39. The largest absolute Gasteiger partial charge is 0.475 e. The number of thiophene rings is 1. The quantitative estimate of drug-likeness (QED) is 0.878. The van der Waals surface area contributed by atoms with Gasteiger partial charge >= 0.3 is 5.97 Å². The van der Waals surface area contributed by atoms with Gasteiger partial charge in [-0.25, -0.2) is 4.79 Å². The summed E-state index contributed by atoms with van der Waals surface area (Å²) in [4.78, 5) is 11.9. The lowest BCUT2D eigenvalue weighted by Crippen LogP contribution is -2.13. The fraction of sp³-hybridized carbons (Fsp3) is 0.182. The number of nitrogens with one attached hydrogen (secondary N) is 1. The molecule has 0 aliphatic heterocycles. The zero-order valence-corrected chi connectivity index (χ0v) is 10.3. The van der Waals surface area contributed by atoms with Crippen LogP contribution in [0.15, 0.2) is 28.9 Å². The number of hydrogen-bond donors (Lipinski definition) is 2. The van der Waals surface area contributed by atoms with Crippen LogP contribution in [0, 0.1) is 0 Å². The Morgan fingerprint density at radius 1 is 1.41 bits per heavy atom. The molecule has 2 N–H and O–H groups in total. The van der Waals surface area contributed by atoms with Crippen LogP contribution in [-0.2, 0) is 13.1 Å². The maximum atomic E-state index is 10.8. The average Bonchev–Trinajstić information content (AvgIpc) is 2.87. The Bertz CT molecular complexity index is 520. The van der Waals surface area contributed by atoms with Crippen molar-refractivity contribution in [2.24, 2.45) is 0 Å². The fourth-order valence-electron chi connectivity index (χ4n) is 1.43. The van der Waals surface area contributed by atoms with E-state index in [0.29, 0.717) is 18.7 Å². The van der Waals surface area contributed by atoms with Crippen molar-refractivity contribution in [2.45, 2.75) is 13.1 Å². The third-order valence-corrected chi connectivity index (χ3v) is 3.42. The molecule has 0 saturated carbocycles. The minimum atomic E-state index is -1.05. The Kier molecular flexibility index (Phi) is 3.83. The number of carboxylic acid groups (broad SMARTS) is 1. The van der Waals surface area contributed by atoms with E-state index >= 15 is 0 Å². The molecule has 4 nitrogen and oxygen atoms in total. The van der Waals surface area contributed by atoms with E-state index in [4.69, 9.17) is 21.1 Å². The van der Waals surface area contributed by atoms with E-state index in [0.717, 1.165) is 9.21 Å². The molecular weight excluding hydrogens is 262 g/mol. The molecule has 2 aromatic rings. The lowest BCUT2D eigenvalue weighted by Gasteiger charge is -2.01. The lowest BCUT2D eigenvalue weighted by atomic mass is 10.2. The molecule has 0 radical (unpaired) electrons. The summed E-state index contributed by atoms with van der Waals surface area (Å²) in [6.07, 6.45) is 1.38. The Balaban J connectivity index is 1.90. The van der Waals surface area contributed by atoms with Gasteiger partial charge in [-0.3, -0.25) is 0 Å². The van der Waals surface area contributed by atoms with Gasteiger partial charge in [0.1, 0.15) is 0 Å². The number of hydrogen-bond acceptors (Lipinski definition) is 4. The molecule has 0 spiro atoms. The molecule has 0 bridgehead atoms. The van der Waals surface area contributed by atoms with Crippen LogP contribution in [0.4, 0.5) is 0 Å². The third-order valence-electron chi connectivity index (χ3n) is 2.18. The number of rotatable bonds is 5. The number of carbonyl (C=O) groups is 1. The van der Waals surface area contributed by atoms with Crippen molar-refractivity contribution in [1.29, 1.82) is 0 Å². The normalized spacial score (nSPS) is 10.6. The molecule has 0 saturated heterocycles. The standard InChI is InChI=1S/C11H10ClNO3S/c12-9-2-1-8(17-9)6-13-5-7-3-4-16-10(7)11(14)15/h1-4,13H,5-6H2,(H,14,15). The summed E-state index contributed by atoms with van der Waals surface area (Å²) in [5, 5.41) is 12.0. The maximum Gasteiger partial charge on any atom is 0.372 e. The maximum absolute atomic E-state index is 10.8. The van der Waals surface area contributed by atoms with Crippen LogP contribution >= 0.6 is 22.9 Å². The van der Waals surface area contributed by atoms with Gasteiger partial charge in [0.2, 0.25) is 5.76 Å². The minimum absolute atomic E-state index is 0.0123. The van der Waals surface area contributed by atoms with E-state index < -0.39 is 5.97 Å². The topological polar surface area (TPSA) is 62.5 Å². The summed E-state index contributed by atoms with van der Waals surface area (Å²) in [6.45, 7) is 1.11. The first-order chi connectivity index (χ1) is 8.16. The highest BCUT2D eigenvalue weighted by atomic mass is 35.5. The second-order valence-corrected chi connectivity index (χ2v) is 5.19. The lowest BCUT2D eigenvalue weighted by molar-refractivity contribution is 0.0660. The number of aromatic carboxylic acids is 1. The summed E-state index contributed by atoms with van der Waals surface area (Å²) in [6, 6.07) is 5.43. The molecule has 0 aliphatic carbocycles. The van der Waals surface area contributed by atoms with Crippen LogP contribution in [0.2, 0.25) is 4.34 Å². The fourth-order valence-corrected chi connectivity index (χ4v) is 2.49. The smallest absolute Gasteiger partial charge is 0.372 e. The Morgan fingerprint density at radius 3 is 2.88 bits per heavy atom. The molecule has 0 aliphatic rings. The first-order valence-electron chi connectivity index (χ1n) is 4.91. The van der Waals surface area contributed by atoms with Gasteiger partial charge in [-0.15, -0.1) is 11.3 Å². The van der Waals surface area contributed by atoms with Crippen LogP contribution in [0.5, 0.6) is 0 Å². The van der Waals surface area contributed by atoms with Crippen LogP contribution in [-0.4, -0.2) is 11.1 Å². The van der Waals surface area contributed by atoms with Gasteiger partial charge in [-0.1, -0.05) is 11.6 Å². The van der Waals surface area contributed by atoms with Crippen molar-refractivity contribution in [3.63, 3.8) is 0 Å². The van der Waals surface area contributed by atoms with E-state index in [1.807, 2.05) is 12.1 Å². The molecule has 0 unspecified atom stereocenters. The first kappa shape index (κ1) is 12.2. The highest BCUT2D eigenvalue weighted by Gasteiger charge is 2.13. The molecular formula is C11H10ClNO3S. The molecule has 2 rings (SSSR count). The molecule has 0 aromatic carbocycles. The highest BCUT2D eigenvalue weighted by molar-refractivity contribution is 7.16. The van der Waals surface area contributed by atoms with Gasteiger partial charge in [0, 0.05) is 23.5 Å². The van der Waals surface area contributed by atoms with Crippen molar-refractivity contribution >= 4 is 28.9 Å². The Morgan fingerprint density at radius 2 is 2.24 bits per heavy atom. The summed E-state index contributed by atoms with van der Waals surface area (Å²) >= 11 is 7.30. The van der Waals surface area contributed by atoms with Gasteiger partial charge in [-0.2, -0.15) is 0 Å². The average molecular weight is 272 g/mol. The Labute approximate surface area is 107 Å². The van der Waals surface area contributed by atoms with Crippen molar-refractivity contribution < 1.29 is 14.3 Å².